The van der Waals surface area contributed by atoms with Crippen molar-refractivity contribution in [2.75, 3.05) is 9.80 Å². The van der Waals surface area contributed by atoms with Gasteiger partial charge in [-0.25, -0.2) is 9.80 Å². The lowest BCUT2D eigenvalue weighted by Gasteiger charge is -2.34. The predicted molar refractivity (Wildman–Crippen MR) is 272 cm³/mol. The van der Waals surface area contributed by atoms with Crippen molar-refractivity contribution >= 4 is 78.1 Å². The third-order valence-corrected chi connectivity index (χ3v) is 13.8. The summed E-state index contributed by atoms with van der Waals surface area (Å²) in [6.07, 6.45) is 0. The zero-order valence-corrected chi connectivity index (χ0v) is 39.4. The first-order valence-corrected chi connectivity index (χ1v) is 23.5. The van der Waals surface area contributed by atoms with Crippen molar-refractivity contribution in [3.8, 4) is 23.0 Å². The van der Waals surface area contributed by atoms with E-state index in [9.17, 15) is 0 Å². The number of para-hydroxylation sites is 4. The zero-order chi connectivity index (χ0) is 47.4. The number of benzene rings is 9. The first-order valence-electron chi connectivity index (χ1n) is 23.5. The van der Waals surface area contributed by atoms with Gasteiger partial charge in [0.15, 0.2) is 0 Å². The molecule has 0 saturated carbocycles. The van der Waals surface area contributed by atoms with Crippen LogP contribution in [0.1, 0.15) is 143 Å². The fraction of sp³-hybridized carbons (Fsp3) is 0.200. The molecule has 0 bridgehead atoms. The van der Waals surface area contributed by atoms with Crippen LogP contribution in [0.5, 0.6) is 23.0 Å². The van der Waals surface area contributed by atoms with E-state index in [4.69, 9.17) is 9.47 Å². The summed E-state index contributed by atoms with van der Waals surface area (Å²) in [4.78, 5) is 64.2. The van der Waals surface area contributed by atoms with Gasteiger partial charge in [0.1, 0.15) is 23.0 Å². The lowest BCUT2D eigenvalue weighted by Crippen LogP contribution is -2.42. The van der Waals surface area contributed by atoms with Gasteiger partial charge >= 0.3 is 0 Å². The summed E-state index contributed by atoms with van der Waals surface area (Å²) in [5, 5.41) is 4.93. The van der Waals surface area contributed by atoms with Crippen molar-refractivity contribution < 1.29 is 28.7 Å². The van der Waals surface area contributed by atoms with Gasteiger partial charge in [0.25, 0.3) is 23.6 Å². The van der Waals surface area contributed by atoms with Crippen molar-refractivity contribution in [2.24, 2.45) is 0 Å². The number of rotatable bonds is 10. The molecule has 0 radical (unpaired) electrons. The molecule has 0 saturated heterocycles. The predicted octanol–water partition coefficient (Wildman–Crippen LogP) is 15.4. The van der Waals surface area contributed by atoms with Gasteiger partial charge < -0.3 is 9.47 Å². The van der Waals surface area contributed by atoms with Gasteiger partial charge in [-0.3, -0.25) is 19.2 Å². The molecule has 0 unspecified atom stereocenters. The molecule has 68 heavy (non-hydrogen) atoms. The smallest absolute Gasteiger partial charge is 0.266 e. The van der Waals surface area contributed by atoms with Gasteiger partial charge in [-0.1, -0.05) is 140 Å². The molecule has 336 valence electrons. The maximum absolute atomic E-state index is 15.5. The van der Waals surface area contributed by atoms with E-state index in [-0.39, 0.29) is 23.7 Å². The molecule has 0 N–H and O–H groups in total. The van der Waals surface area contributed by atoms with Gasteiger partial charge in [-0.2, -0.15) is 0 Å². The SMILES string of the molecule is CC(C)c1cccc(C(C)C)c1N1C(=O)c2ccc3c4c(Oc5ccccc5)cc5c6c(ccc(c7c(Oc8ccccc8)cc(c2c37)C1=O)c64)C(=O)N(c1c(C(C)C)cccc1C(C)C)C5=O. The topological polar surface area (TPSA) is 93.2 Å². The molecular weight excluding hydrogens is 845 g/mol. The van der Waals surface area contributed by atoms with Crippen molar-refractivity contribution in [1.82, 2.24) is 0 Å². The summed E-state index contributed by atoms with van der Waals surface area (Å²) in [7, 11) is 0. The summed E-state index contributed by atoms with van der Waals surface area (Å²) in [5.41, 5.74) is 6.24. The monoisotopic (exact) mass is 894 g/mol. The van der Waals surface area contributed by atoms with Gasteiger partial charge in [0, 0.05) is 43.4 Å². The number of anilines is 2. The molecule has 2 aliphatic heterocycles. The summed E-state index contributed by atoms with van der Waals surface area (Å²) in [6, 6.07) is 41.7. The van der Waals surface area contributed by atoms with Crippen LogP contribution in [0.3, 0.4) is 0 Å². The molecule has 2 heterocycles. The largest absolute Gasteiger partial charge is 0.457 e. The maximum atomic E-state index is 15.5. The van der Waals surface area contributed by atoms with Crippen molar-refractivity contribution in [1.29, 1.82) is 0 Å². The molecular formula is C60H50N2O6. The average Bonchev–Trinajstić information content (AvgIpc) is 3.33. The van der Waals surface area contributed by atoms with Crippen molar-refractivity contribution in [3.05, 3.63) is 178 Å². The molecule has 0 atom stereocenters. The Morgan fingerprint density at radius 1 is 0.338 bits per heavy atom. The Morgan fingerprint density at radius 3 is 0.985 bits per heavy atom. The molecule has 4 amide bonds. The van der Waals surface area contributed by atoms with E-state index < -0.39 is 23.6 Å². The molecule has 8 nitrogen and oxygen atoms in total. The Balaban J connectivity index is 1.26. The van der Waals surface area contributed by atoms with Crippen LogP contribution in [-0.4, -0.2) is 23.6 Å². The van der Waals surface area contributed by atoms with Crippen LogP contribution < -0.4 is 19.3 Å². The second-order valence-electron chi connectivity index (χ2n) is 19.3. The minimum atomic E-state index is -0.449. The van der Waals surface area contributed by atoms with Crippen LogP contribution in [0.25, 0.3) is 43.1 Å². The summed E-state index contributed by atoms with van der Waals surface area (Å²) >= 11 is 0. The van der Waals surface area contributed by atoms with Gasteiger partial charge in [0.05, 0.1) is 22.5 Å². The van der Waals surface area contributed by atoms with Crippen molar-refractivity contribution in [2.45, 2.75) is 79.1 Å². The normalized spacial score (nSPS) is 13.9. The molecule has 0 spiro atoms. The maximum Gasteiger partial charge on any atom is 0.266 e. The summed E-state index contributed by atoms with van der Waals surface area (Å²) < 4.78 is 13.8. The minimum absolute atomic E-state index is 0.0211. The van der Waals surface area contributed by atoms with Crippen LogP contribution in [0.15, 0.2) is 133 Å². The molecule has 9 aromatic carbocycles. The standard InChI is InChI=1S/C60H50N2O6/c1-31(2)37-21-15-22-38(32(3)4)55(37)61-57(63)43-27-25-41-52-48(68-36-19-13-10-14-20-36)30-46-50-44(58(64)62(60(46)66)56-39(33(5)6)23-16-24-40(56)34(7)8)28-26-42(54(50)52)51-47(67-35-17-11-9-12-18-35)29-45(59(61)65)49(43)53(41)51/h9-34H,1-8H3. The first-order chi connectivity index (χ1) is 32.8. The van der Waals surface area contributed by atoms with Crippen molar-refractivity contribution in [3.63, 3.8) is 0 Å². The van der Waals surface area contributed by atoms with E-state index in [0.29, 0.717) is 99.7 Å². The Kier molecular flexibility index (Phi) is 10.0. The number of carbonyl (C=O) groups excluding carboxylic acids is 4. The number of fused-ring (bicyclic) bond motifs is 2. The number of carbonyl (C=O) groups is 4. The van der Waals surface area contributed by atoms with Gasteiger partial charge in [-0.05, 0) is 105 Å². The number of nitrogens with zero attached hydrogens (tertiary/aromatic N) is 2. The third kappa shape index (κ3) is 6.26. The molecule has 11 rings (SSSR count). The number of hydrogen-bond donors (Lipinski definition) is 0. The lowest BCUT2D eigenvalue weighted by atomic mass is 9.80. The molecule has 2 aliphatic rings. The second-order valence-corrected chi connectivity index (χ2v) is 19.3. The first kappa shape index (κ1) is 42.8. The van der Waals surface area contributed by atoms with E-state index in [1.807, 2.05) is 109 Å². The van der Waals surface area contributed by atoms with E-state index in [2.05, 4.69) is 55.4 Å². The van der Waals surface area contributed by atoms with Crippen LogP contribution in [0, 0.1) is 0 Å². The number of amides is 4. The van der Waals surface area contributed by atoms with Crippen LogP contribution >= 0.6 is 0 Å². The van der Waals surface area contributed by atoms with Crippen LogP contribution in [0.4, 0.5) is 11.4 Å². The molecule has 0 aromatic heterocycles. The number of imide groups is 2. The highest BCUT2D eigenvalue weighted by molar-refractivity contribution is 6.46. The Bertz CT molecular complexity index is 3320. The Morgan fingerprint density at radius 2 is 0.662 bits per heavy atom. The number of ether oxygens (including phenoxy) is 2. The molecule has 0 fully saturated rings. The minimum Gasteiger partial charge on any atom is -0.457 e. The second kappa shape index (κ2) is 15.9. The van der Waals surface area contributed by atoms with Crippen LogP contribution in [0.2, 0.25) is 0 Å². The zero-order valence-electron chi connectivity index (χ0n) is 39.4. The molecule has 9 aromatic rings. The molecule has 0 aliphatic carbocycles. The van der Waals surface area contributed by atoms with E-state index in [1.165, 1.54) is 9.80 Å². The highest BCUT2D eigenvalue weighted by Gasteiger charge is 2.42. The highest BCUT2D eigenvalue weighted by Crippen LogP contribution is 2.54. The van der Waals surface area contributed by atoms with E-state index in [0.717, 1.165) is 22.3 Å². The molecule has 8 heteroatoms. The quantitative estimate of drug-likeness (QED) is 0.0771. The van der Waals surface area contributed by atoms with E-state index in [1.54, 1.807) is 24.3 Å². The van der Waals surface area contributed by atoms with Gasteiger partial charge in [-0.15, -0.1) is 0 Å². The van der Waals surface area contributed by atoms with E-state index >= 15 is 19.2 Å². The highest BCUT2D eigenvalue weighted by atomic mass is 16.5. The summed E-state index contributed by atoms with van der Waals surface area (Å²) in [5.74, 6) is 0.225. The average molecular weight is 895 g/mol. The van der Waals surface area contributed by atoms with Gasteiger partial charge in [0.2, 0.25) is 0 Å². The fourth-order valence-corrected chi connectivity index (χ4v) is 10.7. The Labute approximate surface area is 395 Å². The summed E-state index contributed by atoms with van der Waals surface area (Å²) in [6.45, 7) is 16.6. The Hall–Kier alpha value is -7.84. The fourth-order valence-electron chi connectivity index (χ4n) is 10.7. The van der Waals surface area contributed by atoms with Crippen LogP contribution in [-0.2, 0) is 0 Å². The number of hydrogen-bond acceptors (Lipinski definition) is 6. The lowest BCUT2D eigenvalue weighted by molar-refractivity contribution is 0.0877. The third-order valence-electron chi connectivity index (χ3n) is 13.8.